The third kappa shape index (κ3) is 9.71. The molecule has 0 rings (SSSR count). The number of alkyl halides is 3. The maximum absolute atomic E-state index is 12.2. The topological polar surface area (TPSA) is 15.3 Å². The lowest BCUT2D eigenvalue weighted by Crippen LogP contribution is -2.35. The smallest absolute Gasteiger partial charge is 0.314 e. The van der Waals surface area contributed by atoms with Crippen LogP contribution >= 0.6 is 0 Å². The van der Waals surface area contributed by atoms with Crippen molar-refractivity contribution in [2.45, 2.75) is 58.7 Å². The van der Waals surface area contributed by atoms with Gasteiger partial charge in [-0.2, -0.15) is 13.2 Å². The summed E-state index contributed by atoms with van der Waals surface area (Å²) < 4.78 is 36.7. The SMILES string of the molecule is CCCNC(CCN(CC)CC)CCC(F)(F)F. The van der Waals surface area contributed by atoms with Crippen LogP contribution in [-0.2, 0) is 0 Å². The van der Waals surface area contributed by atoms with Crippen LogP contribution in [0.1, 0.15) is 46.5 Å². The second-order valence-electron chi connectivity index (χ2n) is 4.62. The van der Waals surface area contributed by atoms with Gasteiger partial charge < -0.3 is 10.2 Å². The lowest BCUT2D eigenvalue weighted by atomic mass is 10.1. The van der Waals surface area contributed by atoms with E-state index in [0.29, 0.717) is 0 Å². The molecule has 0 saturated heterocycles. The summed E-state index contributed by atoms with van der Waals surface area (Å²) in [5.41, 5.74) is 0. The molecule has 0 aromatic carbocycles. The standard InChI is InChI=1S/C13H27F3N2/c1-4-10-17-12(7-9-13(14,15)16)8-11-18(5-2)6-3/h12,17H,4-11H2,1-3H3. The highest BCUT2D eigenvalue weighted by atomic mass is 19.4. The molecule has 0 aliphatic heterocycles. The number of hydrogen-bond acceptors (Lipinski definition) is 2. The lowest BCUT2D eigenvalue weighted by Gasteiger charge is -2.24. The average molecular weight is 268 g/mol. The molecule has 0 aromatic rings. The summed E-state index contributed by atoms with van der Waals surface area (Å²) in [4.78, 5) is 2.24. The van der Waals surface area contributed by atoms with Gasteiger partial charge in [0.2, 0.25) is 0 Å². The lowest BCUT2D eigenvalue weighted by molar-refractivity contribution is -0.136. The molecule has 0 fully saturated rings. The third-order valence-corrected chi connectivity index (χ3v) is 3.15. The predicted molar refractivity (Wildman–Crippen MR) is 69.8 cm³/mol. The van der Waals surface area contributed by atoms with Gasteiger partial charge in [0.05, 0.1) is 0 Å². The fourth-order valence-corrected chi connectivity index (χ4v) is 1.91. The molecule has 0 radical (unpaired) electrons. The fraction of sp³-hybridized carbons (Fsp3) is 1.00. The van der Waals surface area contributed by atoms with Crippen LogP contribution in [0.15, 0.2) is 0 Å². The first-order valence-electron chi connectivity index (χ1n) is 6.95. The Morgan fingerprint density at radius 3 is 2.11 bits per heavy atom. The molecule has 0 aromatic heterocycles. The van der Waals surface area contributed by atoms with Gasteiger partial charge >= 0.3 is 6.18 Å². The Kier molecular flexibility index (Phi) is 9.46. The quantitative estimate of drug-likeness (QED) is 0.653. The molecule has 0 aliphatic rings. The minimum Gasteiger partial charge on any atom is -0.314 e. The summed E-state index contributed by atoms with van der Waals surface area (Å²) in [6.07, 6.45) is -2.80. The van der Waals surface area contributed by atoms with E-state index in [4.69, 9.17) is 0 Å². The molecule has 1 atom stereocenters. The van der Waals surface area contributed by atoms with E-state index in [9.17, 15) is 13.2 Å². The van der Waals surface area contributed by atoms with Crippen LogP contribution in [0.25, 0.3) is 0 Å². The van der Waals surface area contributed by atoms with E-state index in [-0.39, 0.29) is 12.5 Å². The summed E-state index contributed by atoms with van der Waals surface area (Å²) in [6, 6.07) is -0.0211. The van der Waals surface area contributed by atoms with E-state index in [1.54, 1.807) is 0 Å². The molecule has 18 heavy (non-hydrogen) atoms. The van der Waals surface area contributed by atoms with Gasteiger partial charge in [-0.3, -0.25) is 0 Å². The second kappa shape index (κ2) is 9.62. The van der Waals surface area contributed by atoms with Crippen molar-refractivity contribution in [3.05, 3.63) is 0 Å². The minimum absolute atomic E-state index is 0.0211. The largest absolute Gasteiger partial charge is 0.389 e. The Labute approximate surface area is 109 Å². The van der Waals surface area contributed by atoms with Crippen molar-refractivity contribution in [3.63, 3.8) is 0 Å². The van der Waals surface area contributed by atoms with E-state index in [1.165, 1.54) is 0 Å². The second-order valence-corrected chi connectivity index (χ2v) is 4.62. The molecule has 0 amide bonds. The van der Waals surface area contributed by atoms with Gasteiger partial charge in [0.25, 0.3) is 0 Å². The molecule has 5 heteroatoms. The molecule has 0 aliphatic carbocycles. The first-order chi connectivity index (χ1) is 8.42. The van der Waals surface area contributed by atoms with Gasteiger partial charge in [0.1, 0.15) is 0 Å². The Balaban J connectivity index is 4.05. The van der Waals surface area contributed by atoms with Gasteiger partial charge in [-0.25, -0.2) is 0 Å². The van der Waals surface area contributed by atoms with Crippen LogP contribution in [0.3, 0.4) is 0 Å². The van der Waals surface area contributed by atoms with Gasteiger partial charge in [-0.1, -0.05) is 20.8 Å². The molecule has 110 valence electrons. The van der Waals surface area contributed by atoms with Crippen LogP contribution in [0.4, 0.5) is 13.2 Å². The van der Waals surface area contributed by atoms with Crippen LogP contribution < -0.4 is 5.32 Å². The molecule has 0 heterocycles. The highest BCUT2D eigenvalue weighted by molar-refractivity contribution is 4.71. The molecule has 2 nitrogen and oxygen atoms in total. The number of rotatable bonds is 10. The normalized spacial score (nSPS) is 14.2. The van der Waals surface area contributed by atoms with E-state index < -0.39 is 12.6 Å². The van der Waals surface area contributed by atoms with E-state index in [2.05, 4.69) is 24.1 Å². The van der Waals surface area contributed by atoms with Gasteiger partial charge in [0, 0.05) is 12.5 Å². The first kappa shape index (κ1) is 17.7. The van der Waals surface area contributed by atoms with Gasteiger partial charge in [-0.05, 0) is 45.4 Å². The minimum atomic E-state index is -4.04. The van der Waals surface area contributed by atoms with Crippen molar-refractivity contribution >= 4 is 0 Å². The maximum Gasteiger partial charge on any atom is 0.389 e. The highest BCUT2D eigenvalue weighted by Crippen LogP contribution is 2.23. The molecule has 1 unspecified atom stereocenters. The molecule has 0 spiro atoms. The number of halogens is 3. The summed E-state index contributed by atoms with van der Waals surface area (Å²) >= 11 is 0. The van der Waals surface area contributed by atoms with Crippen LogP contribution in [0.5, 0.6) is 0 Å². The zero-order valence-electron chi connectivity index (χ0n) is 11.8. The summed E-state index contributed by atoms with van der Waals surface area (Å²) in [7, 11) is 0. The van der Waals surface area contributed by atoms with Crippen LogP contribution in [0.2, 0.25) is 0 Å². The molecule has 1 N–H and O–H groups in total. The zero-order valence-corrected chi connectivity index (χ0v) is 11.8. The Morgan fingerprint density at radius 1 is 1.06 bits per heavy atom. The fourth-order valence-electron chi connectivity index (χ4n) is 1.91. The Bertz CT molecular complexity index is 191. The molecular weight excluding hydrogens is 241 g/mol. The van der Waals surface area contributed by atoms with Crippen molar-refractivity contribution in [1.82, 2.24) is 10.2 Å². The molecule has 0 saturated carbocycles. The van der Waals surface area contributed by atoms with E-state index in [1.807, 2.05) is 6.92 Å². The van der Waals surface area contributed by atoms with E-state index in [0.717, 1.165) is 39.0 Å². The van der Waals surface area contributed by atoms with Crippen LogP contribution in [0, 0.1) is 0 Å². The maximum atomic E-state index is 12.2. The average Bonchev–Trinajstić information content (AvgIpc) is 2.31. The summed E-state index contributed by atoms with van der Waals surface area (Å²) in [5, 5.41) is 3.22. The van der Waals surface area contributed by atoms with Crippen molar-refractivity contribution in [3.8, 4) is 0 Å². The van der Waals surface area contributed by atoms with Gasteiger partial charge in [-0.15, -0.1) is 0 Å². The van der Waals surface area contributed by atoms with Crippen molar-refractivity contribution < 1.29 is 13.2 Å². The highest BCUT2D eigenvalue weighted by Gasteiger charge is 2.28. The number of hydrogen-bond donors (Lipinski definition) is 1. The monoisotopic (exact) mass is 268 g/mol. The van der Waals surface area contributed by atoms with Gasteiger partial charge in [0.15, 0.2) is 0 Å². The Morgan fingerprint density at radius 2 is 1.67 bits per heavy atom. The van der Waals surface area contributed by atoms with Crippen molar-refractivity contribution in [2.24, 2.45) is 0 Å². The van der Waals surface area contributed by atoms with Crippen molar-refractivity contribution in [2.75, 3.05) is 26.2 Å². The van der Waals surface area contributed by atoms with Crippen LogP contribution in [-0.4, -0.2) is 43.3 Å². The predicted octanol–water partition coefficient (Wildman–Crippen LogP) is 3.43. The van der Waals surface area contributed by atoms with E-state index >= 15 is 0 Å². The number of nitrogens with zero attached hydrogens (tertiary/aromatic N) is 1. The molecule has 0 bridgehead atoms. The first-order valence-corrected chi connectivity index (χ1v) is 6.95. The zero-order chi connectivity index (χ0) is 14.0. The molecular formula is C13H27F3N2. The Hall–Kier alpha value is -0.290. The number of nitrogens with one attached hydrogen (secondary N) is 1. The summed E-state index contributed by atoms with van der Waals surface area (Å²) in [6.45, 7) is 9.75. The third-order valence-electron chi connectivity index (χ3n) is 3.15. The van der Waals surface area contributed by atoms with Crippen molar-refractivity contribution in [1.29, 1.82) is 0 Å². The summed E-state index contributed by atoms with van der Waals surface area (Å²) in [5.74, 6) is 0.